The Hall–Kier alpha value is -3.25. The number of benzene rings is 1. The first-order valence-electron chi connectivity index (χ1n) is 10.9. The number of rotatable bonds is 6. The molecule has 9 heteroatoms. The maximum atomic E-state index is 13.4. The summed E-state index contributed by atoms with van der Waals surface area (Å²) in [6.07, 6.45) is 4.06. The zero-order chi connectivity index (χ0) is 22.9. The molecule has 2 heterocycles. The molecule has 4 rings (SSSR count). The van der Waals surface area contributed by atoms with E-state index in [9.17, 15) is 19.6 Å². The number of halogens is 1. The smallest absolute Gasteiger partial charge is 0.232 e. The van der Waals surface area contributed by atoms with E-state index in [1.807, 2.05) is 13.8 Å². The van der Waals surface area contributed by atoms with Crippen LogP contribution in [0.3, 0.4) is 0 Å². The SMILES string of the molecule is CC1(C)C(Nc2nc(NCCC3C(=O)Nc4cc(F)ccc43)ncc2C#N)CCC[C@@H]1O. The van der Waals surface area contributed by atoms with Crippen LogP contribution in [0, 0.1) is 22.6 Å². The fourth-order valence-electron chi connectivity index (χ4n) is 4.49. The zero-order valence-electron chi connectivity index (χ0n) is 18.2. The van der Waals surface area contributed by atoms with Crippen LogP contribution < -0.4 is 16.0 Å². The van der Waals surface area contributed by atoms with Crippen LogP contribution >= 0.6 is 0 Å². The van der Waals surface area contributed by atoms with E-state index in [2.05, 4.69) is 32.0 Å². The minimum atomic E-state index is -0.423. The van der Waals surface area contributed by atoms with Crippen LogP contribution in [0.5, 0.6) is 0 Å². The van der Waals surface area contributed by atoms with Gasteiger partial charge in [-0.1, -0.05) is 19.9 Å². The minimum Gasteiger partial charge on any atom is -0.392 e. The molecular formula is C23H27FN6O2. The van der Waals surface area contributed by atoms with E-state index in [4.69, 9.17) is 0 Å². The van der Waals surface area contributed by atoms with Gasteiger partial charge in [-0.05, 0) is 43.4 Å². The quantitative estimate of drug-likeness (QED) is 0.545. The third kappa shape index (κ3) is 4.23. The second-order valence-corrected chi connectivity index (χ2v) is 9.02. The Morgan fingerprint density at radius 2 is 2.19 bits per heavy atom. The van der Waals surface area contributed by atoms with Gasteiger partial charge in [0.1, 0.15) is 23.3 Å². The van der Waals surface area contributed by atoms with Gasteiger partial charge < -0.3 is 21.1 Å². The van der Waals surface area contributed by atoms with Gasteiger partial charge in [-0.15, -0.1) is 0 Å². The van der Waals surface area contributed by atoms with Crippen LogP contribution in [0.4, 0.5) is 21.8 Å². The van der Waals surface area contributed by atoms with Crippen molar-refractivity contribution in [1.82, 2.24) is 9.97 Å². The summed E-state index contributed by atoms with van der Waals surface area (Å²) in [7, 11) is 0. The second-order valence-electron chi connectivity index (χ2n) is 9.02. The lowest BCUT2D eigenvalue weighted by Gasteiger charge is -2.43. The third-order valence-corrected chi connectivity index (χ3v) is 6.63. The van der Waals surface area contributed by atoms with Gasteiger partial charge in [-0.3, -0.25) is 4.79 Å². The summed E-state index contributed by atoms with van der Waals surface area (Å²) in [5.74, 6) is -0.148. The molecule has 8 nitrogen and oxygen atoms in total. The van der Waals surface area contributed by atoms with Gasteiger partial charge in [-0.25, -0.2) is 9.37 Å². The number of fused-ring (bicyclic) bond motifs is 1. The fraction of sp³-hybridized carbons (Fsp3) is 0.478. The van der Waals surface area contributed by atoms with E-state index in [1.165, 1.54) is 18.3 Å². The molecule has 1 aromatic carbocycles. The molecule has 0 bridgehead atoms. The van der Waals surface area contributed by atoms with Crippen molar-refractivity contribution in [2.75, 3.05) is 22.5 Å². The molecule has 1 saturated carbocycles. The number of hydrogen-bond acceptors (Lipinski definition) is 7. The average molecular weight is 439 g/mol. The number of carbonyl (C=O) groups is 1. The van der Waals surface area contributed by atoms with Crippen LogP contribution in [0.15, 0.2) is 24.4 Å². The van der Waals surface area contributed by atoms with Crippen molar-refractivity contribution >= 4 is 23.4 Å². The maximum Gasteiger partial charge on any atom is 0.232 e. The number of amides is 1. The lowest BCUT2D eigenvalue weighted by molar-refractivity contribution is -0.117. The molecule has 3 atom stereocenters. The van der Waals surface area contributed by atoms with Gasteiger partial charge in [0.15, 0.2) is 0 Å². The average Bonchev–Trinajstić information content (AvgIpc) is 3.06. The number of aliphatic hydroxyl groups excluding tert-OH is 1. The number of nitrogens with zero attached hydrogens (tertiary/aromatic N) is 3. The van der Waals surface area contributed by atoms with Crippen LogP contribution in [-0.2, 0) is 4.79 Å². The molecule has 0 radical (unpaired) electrons. The lowest BCUT2D eigenvalue weighted by Crippen LogP contribution is -2.48. The first-order chi connectivity index (χ1) is 15.3. The molecule has 32 heavy (non-hydrogen) atoms. The number of nitrogens with one attached hydrogen (secondary N) is 3. The molecular weight excluding hydrogens is 411 g/mol. The third-order valence-electron chi connectivity index (χ3n) is 6.63. The summed E-state index contributed by atoms with van der Waals surface area (Å²) in [4.78, 5) is 21.0. The first kappa shape index (κ1) is 22.0. The molecule has 168 valence electrons. The molecule has 4 N–H and O–H groups in total. The molecule has 1 aliphatic heterocycles. The Bertz CT molecular complexity index is 1070. The Morgan fingerprint density at radius 3 is 2.97 bits per heavy atom. The van der Waals surface area contributed by atoms with Crippen LogP contribution in [0.2, 0.25) is 0 Å². The van der Waals surface area contributed by atoms with Crippen LogP contribution in [0.25, 0.3) is 0 Å². The van der Waals surface area contributed by atoms with Gasteiger partial charge in [0.25, 0.3) is 0 Å². The lowest BCUT2D eigenvalue weighted by atomic mass is 9.71. The Kier molecular flexibility index (Phi) is 5.98. The largest absolute Gasteiger partial charge is 0.392 e. The van der Waals surface area contributed by atoms with Gasteiger partial charge in [0.2, 0.25) is 11.9 Å². The molecule has 0 saturated heterocycles. The fourth-order valence-corrected chi connectivity index (χ4v) is 4.49. The first-order valence-corrected chi connectivity index (χ1v) is 10.9. The number of carbonyl (C=O) groups excluding carboxylic acids is 1. The van der Waals surface area contributed by atoms with Crippen molar-refractivity contribution in [3.8, 4) is 6.07 Å². The van der Waals surface area contributed by atoms with E-state index < -0.39 is 6.10 Å². The predicted molar refractivity (Wildman–Crippen MR) is 119 cm³/mol. The topological polar surface area (TPSA) is 123 Å². The number of aliphatic hydroxyl groups is 1. The summed E-state index contributed by atoms with van der Waals surface area (Å²) in [5, 5.41) is 29.0. The highest BCUT2D eigenvalue weighted by atomic mass is 19.1. The Morgan fingerprint density at radius 1 is 1.38 bits per heavy atom. The Balaban J connectivity index is 1.43. The highest BCUT2D eigenvalue weighted by Gasteiger charge is 2.40. The summed E-state index contributed by atoms with van der Waals surface area (Å²) >= 11 is 0. The molecule has 1 aliphatic carbocycles. The van der Waals surface area contributed by atoms with Crippen molar-refractivity contribution in [2.24, 2.45) is 5.41 Å². The Labute approximate surface area is 186 Å². The zero-order valence-corrected chi connectivity index (χ0v) is 18.2. The molecule has 2 aromatic rings. The predicted octanol–water partition coefficient (Wildman–Crippen LogP) is 3.38. The van der Waals surface area contributed by atoms with Crippen molar-refractivity contribution in [3.05, 3.63) is 41.3 Å². The molecule has 0 spiro atoms. The molecule has 1 amide bonds. The van der Waals surface area contributed by atoms with Crippen molar-refractivity contribution < 1.29 is 14.3 Å². The second kappa shape index (κ2) is 8.71. The van der Waals surface area contributed by atoms with Gasteiger partial charge in [0, 0.05) is 23.7 Å². The maximum absolute atomic E-state index is 13.4. The van der Waals surface area contributed by atoms with Gasteiger partial charge in [-0.2, -0.15) is 10.2 Å². The van der Waals surface area contributed by atoms with E-state index in [1.54, 1.807) is 6.07 Å². The van der Waals surface area contributed by atoms with E-state index in [-0.39, 0.29) is 29.1 Å². The highest BCUT2D eigenvalue weighted by Crippen LogP contribution is 2.38. The normalized spacial score (nSPS) is 23.7. The van der Waals surface area contributed by atoms with Crippen LogP contribution in [0.1, 0.15) is 56.6 Å². The summed E-state index contributed by atoms with van der Waals surface area (Å²) < 4.78 is 13.4. The molecule has 2 aliphatic rings. The number of hydrogen-bond donors (Lipinski definition) is 4. The monoisotopic (exact) mass is 438 g/mol. The van der Waals surface area contributed by atoms with E-state index in [0.717, 1.165) is 24.8 Å². The molecule has 1 fully saturated rings. The molecule has 1 aromatic heterocycles. The summed E-state index contributed by atoms with van der Waals surface area (Å²) in [5.41, 5.74) is 1.27. The molecule has 2 unspecified atom stereocenters. The van der Waals surface area contributed by atoms with E-state index >= 15 is 0 Å². The van der Waals surface area contributed by atoms with Crippen molar-refractivity contribution in [3.63, 3.8) is 0 Å². The summed E-state index contributed by atoms with van der Waals surface area (Å²) in [6, 6.07) is 6.39. The number of aromatic nitrogens is 2. The van der Waals surface area contributed by atoms with E-state index in [0.29, 0.717) is 36.0 Å². The van der Waals surface area contributed by atoms with Gasteiger partial charge in [0.05, 0.1) is 18.2 Å². The van der Waals surface area contributed by atoms with Crippen LogP contribution in [-0.4, -0.2) is 39.7 Å². The minimum absolute atomic E-state index is 0.0276. The van der Waals surface area contributed by atoms with Crippen molar-refractivity contribution in [1.29, 1.82) is 5.26 Å². The summed E-state index contributed by atoms with van der Waals surface area (Å²) in [6.45, 7) is 4.45. The number of nitriles is 1. The van der Waals surface area contributed by atoms with Crippen molar-refractivity contribution in [2.45, 2.75) is 57.6 Å². The van der Waals surface area contributed by atoms with Gasteiger partial charge >= 0.3 is 0 Å². The number of anilines is 3. The highest BCUT2D eigenvalue weighted by molar-refractivity contribution is 6.02. The standard InChI is InChI=1S/C23H27FN6O2/c1-23(2)18(4-3-5-19(23)31)29-20-13(11-25)12-27-22(30-20)26-9-8-16-15-7-6-14(24)10-17(15)28-21(16)32/h6-7,10,12,16,18-19,31H,3-5,8-9H2,1-2H3,(H,28,32)(H2,26,27,29,30)/t16?,18?,19-/m0/s1.